The summed E-state index contributed by atoms with van der Waals surface area (Å²) in [7, 11) is 1.61. The first-order valence-electron chi connectivity index (χ1n) is 4.53. The zero-order valence-corrected chi connectivity index (χ0v) is 9.98. The van der Waals surface area contributed by atoms with Crippen molar-refractivity contribution < 1.29 is 9.90 Å². The Balaban J connectivity index is 3.01. The van der Waals surface area contributed by atoms with Crippen LogP contribution in [0.15, 0.2) is 33.5 Å². The third kappa shape index (κ3) is 1.63. The van der Waals surface area contributed by atoms with Gasteiger partial charge in [0, 0.05) is 23.0 Å². The van der Waals surface area contributed by atoms with E-state index in [-0.39, 0.29) is 11.1 Å². The van der Waals surface area contributed by atoms with Gasteiger partial charge in [-0.2, -0.15) is 0 Å². The molecule has 0 spiro atoms. The number of aryl methyl sites for hydroxylation is 1. The highest BCUT2D eigenvalue weighted by Gasteiger charge is 2.12. The number of benzene rings is 1. The van der Waals surface area contributed by atoms with Crippen LogP contribution in [0.2, 0.25) is 0 Å². The Morgan fingerprint density at radius 3 is 2.69 bits per heavy atom. The van der Waals surface area contributed by atoms with Gasteiger partial charge < -0.3 is 9.67 Å². The summed E-state index contributed by atoms with van der Waals surface area (Å²) < 4.78 is 2.23. The molecule has 2 rings (SSSR count). The third-order valence-electron chi connectivity index (χ3n) is 2.44. The Morgan fingerprint density at radius 1 is 1.38 bits per heavy atom. The largest absolute Gasteiger partial charge is 0.478 e. The molecule has 1 N–H and O–H groups in total. The molecule has 0 fully saturated rings. The van der Waals surface area contributed by atoms with Gasteiger partial charge in [0.2, 0.25) is 0 Å². The van der Waals surface area contributed by atoms with Gasteiger partial charge in [-0.25, -0.2) is 4.79 Å². The number of aromatic nitrogens is 1. The fraction of sp³-hybridized carbons (Fsp3) is 0.0909. The lowest BCUT2D eigenvalue weighted by Crippen LogP contribution is -2.18. The van der Waals surface area contributed by atoms with Crippen LogP contribution in [0.1, 0.15) is 10.4 Å². The summed E-state index contributed by atoms with van der Waals surface area (Å²) in [5.41, 5.74) is 0.299. The number of carboxylic acids is 1. The number of hydrogen-bond acceptors (Lipinski definition) is 2. The molecule has 2 aromatic rings. The van der Waals surface area contributed by atoms with Crippen molar-refractivity contribution in [2.75, 3.05) is 0 Å². The highest BCUT2D eigenvalue weighted by molar-refractivity contribution is 9.10. The smallest absolute Gasteiger partial charge is 0.336 e. The minimum absolute atomic E-state index is 0.0330. The molecule has 0 aliphatic heterocycles. The molecule has 0 amide bonds. The summed E-state index contributed by atoms with van der Waals surface area (Å²) in [6.07, 6.45) is 0. The maximum absolute atomic E-state index is 11.6. The number of aromatic carboxylic acids is 1. The van der Waals surface area contributed by atoms with Crippen LogP contribution in [0.25, 0.3) is 10.9 Å². The van der Waals surface area contributed by atoms with Crippen molar-refractivity contribution in [2.45, 2.75) is 0 Å². The Bertz CT molecular complexity index is 645. The van der Waals surface area contributed by atoms with Crippen LogP contribution in [-0.4, -0.2) is 15.6 Å². The quantitative estimate of drug-likeness (QED) is 0.870. The first kappa shape index (κ1) is 10.9. The number of rotatable bonds is 1. The molecule has 0 aliphatic carbocycles. The molecule has 4 nitrogen and oxygen atoms in total. The number of carboxylic acid groups (broad SMARTS) is 1. The van der Waals surface area contributed by atoms with Gasteiger partial charge in [0.25, 0.3) is 5.56 Å². The molecule has 0 saturated heterocycles. The van der Waals surface area contributed by atoms with Crippen molar-refractivity contribution in [3.63, 3.8) is 0 Å². The lowest BCUT2D eigenvalue weighted by atomic mass is 10.1. The molecule has 0 saturated carbocycles. The Hall–Kier alpha value is -1.62. The Kier molecular flexibility index (Phi) is 2.55. The van der Waals surface area contributed by atoms with E-state index >= 15 is 0 Å². The van der Waals surface area contributed by atoms with Gasteiger partial charge in [0.05, 0.1) is 11.1 Å². The minimum Gasteiger partial charge on any atom is -0.478 e. The molecule has 5 heteroatoms. The van der Waals surface area contributed by atoms with E-state index in [0.29, 0.717) is 10.9 Å². The zero-order valence-electron chi connectivity index (χ0n) is 8.40. The average Bonchev–Trinajstić information content (AvgIpc) is 2.23. The number of carbonyl (C=O) groups is 1. The van der Waals surface area contributed by atoms with E-state index < -0.39 is 5.97 Å². The van der Waals surface area contributed by atoms with Crippen LogP contribution >= 0.6 is 15.9 Å². The topological polar surface area (TPSA) is 59.3 Å². The molecule has 1 aromatic carbocycles. The number of nitrogens with zero attached hydrogens (tertiary/aromatic N) is 1. The van der Waals surface area contributed by atoms with Crippen LogP contribution in [0.3, 0.4) is 0 Å². The van der Waals surface area contributed by atoms with Gasteiger partial charge in [-0.15, -0.1) is 0 Å². The molecule has 16 heavy (non-hydrogen) atoms. The van der Waals surface area contributed by atoms with Crippen molar-refractivity contribution in [2.24, 2.45) is 7.05 Å². The predicted octanol–water partition coefficient (Wildman–Crippen LogP) is 2.00. The molecule has 1 aromatic heterocycles. The first-order valence-corrected chi connectivity index (χ1v) is 5.32. The molecular weight excluding hydrogens is 274 g/mol. The van der Waals surface area contributed by atoms with E-state index in [1.54, 1.807) is 25.2 Å². The van der Waals surface area contributed by atoms with E-state index in [1.165, 1.54) is 4.57 Å². The highest BCUT2D eigenvalue weighted by atomic mass is 79.9. The fourth-order valence-electron chi connectivity index (χ4n) is 1.60. The van der Waals surface area contributed by atoms with Crippen molar-refractivity contribution in [1.82, 2.24) is 4.57 Å². The SMILES string of the molecule is Cn1c(=O)cc(C(=O)O)c2ccc(Br)cc21. The molecule has 82 valence electrons. The maximum atomic E-state index is 11.6. The second-order valence-electron chi connectivity index (χ2n) is 3.42. The molecular formula is C11H8BrNO3. The molecule has 0 bridgehead atoms. The number of pyridine rings is 1. The summed E-state index contributed by atoms with van der Waals surface area (Å²) in [4.78, 5) is 22.6. The van der Waals surface area contributed by atoms with Gasteiger partial charge in [-0.05, 0) is 12.1 Å². The van der Waals surface area contributed by atoms with Gasteiger partial charge in [-0.1, -0.05) is 22.0 Å². The lowest BCUT2D eigenvalue weighted by Gasteiger charge is -2.07. The summed E-state index contributed by atoms with van der Waals surface area (Å²) in [6.45, 7) is 0. The summed E-state index contributed by atoms with van der Waals surface area (Å²) in [5, 5.41) is 9.56. The summed E-state index contributed by atoms with van der Waals surface area (Å²) in [6, 6.07) is 6.29. The van der Waals surface area contributed by atoms with Gasteiger partial charge in [-0.3, -0.25) is 4.79 Å². The number of fused-ring (bicyclic) bond motifs is 1. The van der Waals surface area contributed by atoms with Crippen molar-refractivity contribution in [3.05, 3.63) is 44.7 Å². The molecule has 0 radical (unpaired) electrons. The van der Waals surface area contributed by atoms with Crippen LogP contribution in [0.4, 0.5) is 0 Å². The summed E-state index contributed by atoms with van der Waals surface area (Å²) in [5.74, 6) is -1.09. The number of hydrogen-bond donors (Lipinski definition) is 1. The van der Waals surface area contributed by atoms with Crippen molar-refractivity contribution in [1.29, 1.82) is 0 Å². The predicted molar refractivity (Wildman–Crippen MR) is 63.8 cm³/mol. The number of halogens is 1. The molecule has 0 aliphatic rings. The van der Waals surface area contributed by atoms with E-state index in [1.807, 2.05) is 0 Å². The fourth-order valence-corrected chi connectivity index (χ4v) is 1.95. The van der Waals surface area contributed by atoms with Crippen LogP contribution in [0, 0.1) is 0 Å². The average molecular weight is 282 g/mol. The van der Waals surface area contributed by atoms with Crippen LogP contribution in [-0.2, 0) is 7.05 Å². The van der Waals surface area contributed by atoms with Crippen LogP contribution in [0.5, 0.6) is 0 Å². The van der Waals surface area contributed by atoms with E-state index in [4.69, 9.17) is 5.11 Å². The zero-order chi connectivity index (χ0) is 11.9. The standard InChI is InChI=1S/C11H8BrNO3/c1-13-9-4-6(12)2-3-7(9)8(11(15)16)5-10(13)14/h2-5H,1H3,(H,15,16). The molecule has 0 atom stereocenters. The maximum Gasteiger partial charge on any atom is 0.336 e. The monoisotopic (exact) mass is 281 g/mol. The highest BCUT2D eigenvalue weighted by Crippen LogP contribution is 2.21. The normalized spacial score (nSPS) is 10.6. The summed E-state index contributed by atoms with van der Waals surface area (Å²) >= 11 is 3.29. The van der Waals surface area contributed by atoms with Crippen molar-refractivity contribution in [3.8, 4) is 0 Å². The Morgan fingerprint density at radius 2 is 2.06 bits per heavy atom. The first-order chi connectivity index (χ1) is 7.50. The van der Waals surface area contributed by atoms with Gasteiger partial charge >= 0.3 is 5.97 Å². The molecule has 0 unspecified atom stereocenters. The second kappa shape index (κ2) is 3.75. The van der Waals surface area contributed by atoms with E-state index in [2.05, 4.69) is 15.9 Å². The van der Waals surface area contributed by atoms with Crippen LogP contribution < -0.4 is 5.56 Å². The van der Waals surface area contributed by atoms with E-state index in [9.17, 15) is 9.59 Å². The van der Waals surface area contributed by atoms with E-state index in [0.717, 1.165) is 10.5 Å². The van der Waals surface area contributed by atoms with Gasteiger partial charge in [0.1, 0.15) is 0 Å². The minimum atomic E-state index is -1.09. The van der Waals surface area contributed by atoms with Crippen molar-refractivity contribution >= 4 is 32.8 Å². The second-order valence-corrected chi connectivity index (χ2v) is 4.34. The Labute approximate surface area is 99.3 Å². The van der Waals surface area contributed by atoms with Gasteiger partial charge in [0.15, 0.2) is 0 Å². The molecule has 1 heterocycles. The lowest BCUT2D eigenvalue weighted by molar-refractivity contribution is 0.0699. The third-order valence-corrected chi connectivity index (χ3v) is 2.93.